The van der Waals surface area contributed by atoms with Gasteiger partial charge < -0.3 is 5.11 Å². The summed E-state index contributed by atoms with van der Waals surface area (Å²) in [6.45, 7) is 4.11. The maximum absolute atomic E-state index is 10.3. The van der Waals surface area contributed by atoms with Gasteiger partial charge >= 0.3 is 0 Å². The zero-order valence-electron chi connectivity index (χ0n) is 9.46. The zero-order chi connectivity index (χ0) is 11.3. The Morgan fingerprint density at radius 2 is 1.93 bits per heavy atom. The van der Waals surface area contributed by atoms with E-state index in [1.807, 2.05) is 31.2 Å². The highest BCUT2D eigenvalue weighted by atomic mass is 35.5. The zero-order valence-corrected chi connectivity index (χ0v) is 10.2. The summed E-state index contributed by atoms with van der Waals surface area (Å²) < 4.78 is 0. The van der Waals surface area contributed by atoms with Crippen LogP contribution in [0.4, 0.5) is 0 Å². The van der Waals surface area contributed by atoms with Crippen molar-refractivity contribution in [1.29, 1.82) is 0 Å². The van der Waals surface area contributed by atoms with Crippen molar-refractivity contribution in [1.82, 2.24) is 0 Å². The molecule has 2 heteroatoms. The molecule has 1 N–H and O–H groups in total. The first-order chi connectivity index (χ1) is 7.11. The summed E-state index contributed by atoms with van der Waals surface area (Å²) in [5.74, 6) is 0. The molecule has 1 aromatic carbocycles. The maximum Gasteiger partial charge on any atom is 0.0685 e. The number of halogens is 1. The Kier molecular flexibility index (Phi) is 4.62. The Labute approximate surface area is 97.1 Å². The van der Waals surface area contributed by atoms with Gasteiger partial charge in [0.2, 0.25) is 0 Å². The fraction of sp³-hybridized carbons (Fsp3) is 0.538. The Hall–Kier alpha value is -0.530. The molecule has 84 valence electrons. The molecule has 0 bridgehead atoms. The molecule has 1 unspecified atom stereocenters. The second-order valence-electron chi connectivity index (χ2n) is 4.10. The normalized spacial score (nSPS) is 14.9. The Morgan fingerprint density at radius 1 is 1.27 bits per heavy atom. The molecule has 0 fully saturated rings. The van der Waals surface area contributed by atoms with Gasteiger partial charge in [0, 0.05) is 11.4 Å². The molecular weight excluding hydrogens is 208 g/mol. The van der Waals surface area contributed by atoms with E-state index in [4.69, 9.17) is 11.6 Å². The molecule has 0 aromatic heterocycles. The molecule has 0 saturated carbocycles. The summed E-state index contributed by atoms with van der Waals surface area (Å²) in [6, 6.07) is 7.73. The minimum absolute atomic E-state index is 0.597. The van der Waals surface area contributed by atoms with Crippen molar-refractivity contribution >= 4 is 11.6 Å². The van der Waals surface area contributed by atoms with E-state index in [1.54, 1.807) is 0 Å². The molecule has 1 aromatic rings. The molecule has 0 aliphatic heterocycles. The van der Waals surface area contributed by atoms with E-state index in [1.165, 1.54) is 0 Å². The molecule has 0 aliphatic carbocycles. The van der Waals surface area contributed by atoms with Gasteiger partial charge in [-0.3, -0.25) is 0 Å². The summed E-state index contributed by atoms with van der Waals surface area (Å²) in [6.07, 6.45) is 3.24. The van der Waals surface area contributed by atoms with E-state index >= 15 is 0 Å². The van der Waals surface area contributed by atoms with Crippen molar-refractivity contribution < 1.29 is 5.11 Å². The molecule has 15 heavy (non-hydrogen) atoms. The molecular formula is C13H19ClO. The van der Waals surface area contributed by atoms with Gasteiger partial charge in [0.1, 0.15) is 0 Å². The van der Waals surface area contributed by atoms with E-state index < -0.39 is 5.60 Å². The number of hydrogen-bond acceptors (Lipinski definition) is 1. The third kappa shape index (κ3) is 3.51. The Bertz CT molecular complexity index is 311. The lowest BCUT2D eigenvalue weighted by molar-refractivity contribution is 0.0271. The van der Waals surface area contributed by atoms with Crippen LogP contribution < -0.4 is 0 Å². The first kappa shape index (κ1) is 12.5. The predicted octanol–water partition coefficient (Wildman–Crippen LogP) is 3.82. The van der Waals surface area contributed by atoms with E-state index in [-0.39, 0.29) is 0 Å². The third-order valence-electron chi connectivity index (χ3n) is 2.85. The standard InChI is InChI=1S/C13H19ClO/c1-3-9-13(15,4-2)10-11-7-5-6-8-12(11)14/h5-8,15H,3-4,9-10H2,1-2H3. The highest BCUT2D eigenvalue weighted by molar-refractivity contribution is 6.31. The fourth-order valence-corrected chi connectivity index (χ4v) is 2.05. The van der Waals surface area contributed by atoms with Crippen LogP contribution >= 0.6 is 11.6 Å². The van der Waals surface area contributed by atoms with Crippen LogP contribution in [-0.4, -0.2) is 10.7 Å². The molecule has 1 atom stereocenters. The summed E-state index contributed by atoms with van der Waals surface area (Å²) in [5.41, 5.74) is 0.441. The Morgan fingerprint density at radius 3 is 2.47 bits per heavy atom. The van der Waals surface area contributed by atoms with E-state index in [0.29, 0.717) is 6.42 Å². The number of aliphatic hydroxyl groups is 1. The smallest absolute Gasteiger partial charge is 0.0685 e. The van der Waals surface area contributed by atoms with Gasteiger partial charge in [0.15, 0.2) is 0 Å². The van der Waals surface area contributed by atoms with Crippen molar-refractivity contribution in [2.45, 2.75) is 45.1 Å². The highest BCUT2D eigenvalue weighted by Crippen LogP contribution is 2.26. The molecule has 0 aliphatic rings. The minimum atomic E-state index is -0.597. The first-order valence-electron chi connectivity index (χ1n) is 5.57. The van der Waals surface area contributed by atoms with Crippen molar-refractivity contribution in [2.24, 2.45) is 0 Å². The van der Waals surface area contributed by atoms with E-state index in [9.17, 15) is 5.11 Å². The van der Waals surface area contributed by atoms with Crippen LogP contribution in [0.5, 0.6) is 0 Å². The van der Waals surface area contributed by atoms with Crippen molar-refractivity contribution in [3.05, 3.63) is 34.9 Å². The van der Waals surface area contributed by atoms with Crippen molar-refractivity contribution in [2.75, 3.05) is 0 Å². The van der Waals surface area contributed by atoms with Gasteiger partial charge in [0.05, 0.1) is 5.60 Å². The summed E-state index contributed by atoms with van der Waals surface area (Å²) in [7, 11) is 0. The molecule has 0 heterocycles. The largest absolute Gasteiger partial charge is 0.390 e. The SMILES string of the molecule is CCCC(O)(CC)Cc1ccccc1Cl. The molecule has 0 radical (unpaired) electrons. The topological polar surface area (TPSA) is 20.2 Å². The summed E-state index contributed by atoms with van der Waals surface area (Å²) >= 11 is 6.08. The van der Waals surface area contributed by atoms with Crippen LogP contribution in [0.25, 0.3) is 0 Å². The fourth-order valence-electron chi connectivity index (χ4n) is 1.85. The van der Waals surface area contributed by atoms with Crippen LogP contribution in [0.3, 0.4) is 0 Å². The van der Waals surface area contributed by atoms with Crippen LogP contribution in [-0.2, 0) is 6.42 Å². The highest BCUT2D eigenvalue weighted by Gasteiger charge is 2.24. The lowest BCUT2D eigenvalue weighted by Gasteiger charge is -2.26. The van der Waals surface area contributed by atoms with Gasteiger partial charge in [-0.1, -0.05) is 50.1 Å². The van der Waals surface area contributed by atoms with Crippen molar-refractivity contribution in [3.8, 4) is 0 Å². The van der Waals surface area contributed by atoms with Crippen LogP contribution in [0.1, 0.15) is 38.7 Å². The van der Waals surface area contributed by atoms with Crippen LogP contribution in [0.2, 0.25) is 5.02 Å². The molecule has 1 nitrogen and oxygen atoms in total. The van der Waals surface area contributed by atoms with Gasteiger partial charge in [0.25, 0.3) is 0 Å². The number of benzene rings is 1. The molecule has 1 rings (SSSR count). The van der Waals surface area contributed by atoms with Gasteiger partial charge in [-0.15, -0.1) is 0 Å². The lowest BCUT2D eigenvalue weighted by atomic mass is 9.88. The first-order valence-corrected chi connectivity index (χ1v) is 5.95. The molecule has 0 amide bonds. The summed E-state index contributed by atoms with van der Waals surface area (Å²) in [5, 5.41) is 11.1. The number of rotatable bonds is 5. The van der Waals surface area contributed by atoms with Crippen molar-refractivity contribution in [3.63, 3.8) is 0 Å². The minimum Gasteiger partial charge on any atom is -0.390 e. The Balaban J connectivity index is 2.79. The van der Waals surface area contributed by atoms with Gasteiger partial charge in [-0.05, 0) is 24.5 Å². The van der Waals surface area contributed by atoms with Gasteiger partial charge in [-0.25, -0.2) is 0 Å². The monoisotopic (exact) mass is 226 g/mol. The second kappa shape index (κ2) is 5.53. The van der Waals surface area contributed by atoms with Crippen LogP contribution in [0.15, 0.2) is 24.3 Å². The lowest BCUT2D eigenvalue weighted by Crippen LogP contribution is -2.30. The third-order valence-corrected chi connectivity index (χ3v) is 3.22. The van der Waals surface area contributed by atoms with Crippen LogP contribution in [0, 0.1) is 0 Å². The summed E-state index contributed by atoms with van der Waals surface area (Å²) in [4.78, 5) is 0. The van der Waals surface area contributed by atoms with E-state index in [0.717, 1.165) is 29.8 Å². The number of hydrogen-bond donors (Lipinski definition) is 1. The molecule has 0 saturated heterocycles. The predicted molar refractivity (Wildman–Crippen MR) is 65.3 cm³/mol. The van der Waals surface area contributed by atoms with E-state index in [2.05, 4.69) is 6.92 Å². The average molecular weight is 227 g/mol. The maximum atomic E-state index is 10.3. The average Bonchev–Trinajstić information content (AvgIpc) is 2.22. The van der Waals surface area contributed by atoms with Gasteiger partial charge in [-0.2, -0.15) is 0 Å². The molecule has 0 spiro atoms. The quantitative estimate of drug-likeness (QED) is 0.809. The second-order valence-corrected chi connectivity index (χ2v) is 4.50.